The van der Waals surface area contributed by atoms with Crippen LogP contribution in [0.4, 0.5) is 0 Å². The van der Waals surface area contributed by atoms with Gasteiger partial charge in [0.15, 0.2) is 6.10 Å². The van der Waals surface area contributed by atoms with E-state index in [-0.39, 0.29) is 11.8 Å². The third-order valence-corrected chi connectivity index (χ3v) is 4.05. The molecule has 1 fully saturated rings. The van der Waals surface area contributed by atoms with Gasteiger partial charge in [-0.15, -0.1) is 10.2 Å². The number of carbonyl (C=O) groups excluding carboxylic acids is 1. The van der Waals surface area contributed by atoms with E-state index in [9.17, 15) is 4.79 Å². The van der Waals surface area contributed by atoms with Crippen molar-refractivity contribution in [1.82, 2.24) is 20.3 Å². The first-order valence-corrected chi connectivity index (χ1v) is 8.20. The number of hydrogen-bond donors (Lipinski definition) is 0. The summed E-state index contributed by atoms with van der Waals surface area (Å²) in [7, 11) is 0. The average molecular weight is 334 g/mol. The van der Waals surface area contributed by atoms with Crippen molar-refractivity contribution in [2.45, 2.75) is 46.1 Å². The van der Waals surface area contributed by atoms with Gasteiger partial charge in [0.05, 0.1) is 18.8 Å². The molecule has 0 N–H and O–H groups in total. The van der Waals surface area contributed by atoms with Gasteiger partial charge in [0, 0.05) is 18.9 Å². The highest BCUT2D eigenvalue weighted by atomic mass is 16.5. The highest BCUT2D eigenvalue weighted by Crippen LogP contribution is 2.25. The number of ether oxygens (including phenoxy) is 1. The van der Waals surface area contributed by atoms with Crippen molar-refractivity contribution in [3.05, 3.63) is 28.8 Å². The van der Waals surface area contributed by atoms with Gasteiger partial charge in [-0.3, -0.25) is 4.79 Å². The van der Waals surface area contributed by atoms with Crippen molar-refractivity contribution in [3.8, 4) is 0 Å². The standard InChI is InChI=1S/C16H22N4O4/c1-5-11-13(10(4)19-24-11)16(21)20-6-7-22-12(8-20)15-18-17-14(23-15)9(2)3/h9,12H,5-8H2,1-4H3/t12-/m0/s1. The number of carbonyl (C=O) groups is 1. The first-order valence-electron chi connectivity index (χ1n) is 8.20. The molecule has 130 valence electrons. The molecule has 1 atom stereocenters. The molecule has 0 spiro atoms. The Labute approximate surface area is 140 Å². The smallest absolute Gasteiger partial charge is 0.259 e. The van der Waals surface area contributed by atoms with Gasteiger partial charge < -0.3 is 18.6 Å². The van der Waals surface area contributed by atoms with Crippen molar-refractivity contribution in [1.29, 1.82) is 0 Å². The molecule has 0 unspecified atom stereocenters. The Morgan fingerprint density at radius 2 is 2.17 bits per heavy atom. The Kier molecular flexibility index (Phi) is 4.66. The largest absolute Gasteiger partial charge is 0.422 e. The second kappa shape index (κ2) is 6.72. The number of nitrogens with zero attached hydrogens (tertiary/aromatic N) is 4. The number of amides is 1. The van der Waals surface area contributed by atoms with E-state index >= 15 is 0 Å². The van der Waals surface area contributed by atoms with Gasteiger partial charge >= 0.3 is 0 Å². The van der Waals surface area contributed by atoms with E-state index < -0.39 is 6.10 Å². The molecule has 1 aliphatic heterocycles. The van der Waals surface area contributed by atoms with Gasteiger partial charge in [-0.05, 0) is 6.92 Å². The summed E-state index contributed by atoms with van der Waals surface area (Å²) in [5.74, 6) is 1.65. The van der Waals surface area contributed by atoms with Crippen LogP contribution in [0.25, 0.3) is 0 Å². The van der Waals surface area contributed by atoms with Gasteiger partial charge in [0.25, 0.3) is 5.91 Å². The monoisotopic (exact) mass is 334 g/mol. The lowest BCUT2D eigenvalue weighted by Gasteiger charge is -2.31. The summed E-state index contributed by atoms with van der Waals surface area (Å²) in [4.78, 5) is 14.6. The first kappa shape index (κ1) is 16.6. The maximum absolute atomic E-state index is 12.9. The lowest BCUT2D eigenvalue weighted by Crippen LogP contribution is -2.42. The fraction of sp³-hybridized carbons (Fsp3) is 0.625. The van der Waals surface area contributed by atoms with Crippen molar-refractivity contribution < 1.29 is 18.5 Å². The molecular weight excluding hydrogens is 312 g/mol. The van der Waals surface area contributed by atoms with E-state index in [1.54, 1.807) is 11.8 Å². The maximum Gasteiger partial charge on any atom is 0.259 e. The molecule has 24 heavy (non-hydrogen) atoms. The summed E-state index contributed by atoms with van der Waals surface area (Å²) in [6.07, 6.45) is 0.213. The molecular formula is C16H22N4O4. The van der Waals surface area contributed by atoms with E-state index in [0.717, 1.165) is 0 Å². The van der Waals surface area contributed by atoms with Gasteiger partial charge in [-0.1, -0.05) is 25.9 Å². The quantitative estimate of drug-likeness (QED) is 0.846. The lowest BCUT2D eigenvalue weighted by atomic mass is 10.1. The topological polar surface area (TPSA) is 94.5 Å². The van der Waals surface area contributed by atoms with Crippen LogP contribution < -0.4 is 0 Å². The molecule has 0 aliphatic carbocycles. The van der Waals surface area contributed by atoms with Crippen LogP contribution in [0.1, 0.15) is 66.4 Å². The number of rotatable bonds is 4. The number of aryl methyl sites for hydroxylation is 2. The molecule has 1 amide bonds. The van der Waals surface area contributed by atoms with Crippen molar-refractivity contribution >= 4 is 5.91 Å². The van der Waals surface area contributed by atoms with E-state index in [0.29, 0.717) is 54.9 Å². The summed E-state index contributed by atoms with van der Waals surface area (Å²) >= 11 is 0. The molecule has 2 aromatic rings. The van der Waals surface area contributed by atoms with Crippen LogP contribution in [0.5, 0.6) is 0 Å². The predicted molar refractivity (Wildman–Crippen MR) is 83.6 cm³/mol. The van der Waals surface area contributed by atoms with E-state index in [1.165, 1.54) is 0 Å². The Morgan fingerprint density at radius 3 is 2.83 bits per heavy atom. The molecule has 1 saturated heterocycles. The zero-order valence-corrected chi connectivity index (χ0v) is 14.4. The minimum absolute atomic E-state index is 0.0949. The van der Waals surface area contributed by atoms with E-state index in [1.807, 2.05) is 20.8 Å². The summed E-state index contributed by atoms with van der Waals surface area (Å²) in [6, 6.07) is 0. The molecule has 8 heteroatoms. The lowest BCUT2D eigenvalue weighted by molar-refractivity contribution is -0.0351. The summed E-state index contributed by atoms with van der Waals surface area (Å²) < 4.78 is 16.6. The van der Waals surface area contributed by atoms with E-state index in [2.05, 4.69) is 15.4 Å². The van der Waals surface area contributed by atoms with Crippen LogP contribution in [-0.4, -0.2) is 45.9 Å². The zero-order valence-electron chi connectivity index (χ0n) is 14.4. The van der Waals surface area contributed by atoms with Crippen molar-refractivity contribution in [2.75, 3.05) is 19.7 Å². The van der Waals surface area contributed by atoms with Crippen molar-refractivity contribution in [3.63, 3.8) is 0 Å². The highest BCUT2D eigenvalue weighted by molar-refractivity contribution is 5.96. The Bertz CT molecular complexity index is 721. The van der Waals surface area contributed by atoms with Gasteiger partial charge in [0.2, 0.25) is 11.8 Å². The Morgan fingerprint density at radius 1 is 1.38 bits per heavy atom. The fourth-order valence-corrected chi connectivity index (χ4v) is 2.68. The molecule has 0 radical (unpaired) electrons. The number of hydrogen-bond acceptors (Lipinski definition) is 7. The average Bonchev–Trinajstić information content (AvgIpc) is 3.21. The zero-order chi connectivity index (χ0) is 17.3. The second-order valence-electron chi connectivity index (χ2n) is 6.16. The summed E-state index contributed by atoms with van der Waals surface area (Å²) in [5, 5.41) is 12.0. The fourth-order valence-electron chi connectivity index (χ4n) is 2.68. The molecule has 3 heterocycles. The molecule has 8 nitrogen and oxygen atoms in total. The van der Waals surface area contributed by atoms with Crippen molar-refractivity contribution in [2.24, 2.45) is 0 Å². The predicted octanol–water partition coefficient (Wildman–Crippen LogP) is 2.27. The summed E-state index contributed by atoms with van der Waals surface area (Å²) in [6.45, 7) is 8.97. The normalized spacial score (nSPS) is 18.4. The molecule has 2 aromatic heterocycles. The van der Waals surface area contributed by atoms with Gasteiger partial charge in [-0.2, -0.15) is 0 Å². The Balaban J connectivity index is 1.77. The van der Waals surface area contributed by atoms with Gasteiger partial charge in [-0.25, -0.2) is 0 Å². The third kappa shape index (κ3) is 3.06. The van der Waals surface area contributed by atoms with Crippen LogP contribution in [0.2, 0.25) is 0 Å². The van der Waals surface area contributed by atoms with Crippen LogP contribution in [0, 0.1) is 6.92 Å². The molecule has 1 aliphatic rings. The third-order valence-electron chi connectivity index (χ3n) is 4.05. The minimum atomic E-state index is -0.409. The number of aromatic nitrogens is 3. The van der Waals surface area contributed by atoms with E-state index in [4.69, 9.17) is 13.7 Å². The molecule has 0 bridgehead atoms. The van der Waals surface area contributed by atoms with Crippen LogP contribution >= 0.6 is 0 Å². The van der Waals surface area contributed by atoms with Crippen LogP contribution in [0.3, 0.4) is 0 Å². The molecule has 0 saturated carbocycles. The van der Waals surface area contributed by atoms with Crippen LogP contribution in [0.15, 0.2) is 8.94 Å². The Hall–Kier alpha value is -2.22. The maximum atomic E-state index is 12.9. The number of morpholine rings is 1. The van der Waals surface area contributed by atoms with Gasteiger partial charge in [0.1, 0.15) is 11.3 Å². The SMILES string of the molecule is CCc1onc(C)c1C(=O)N1CCO[C@H](c2nnc(C(C)C)o2)C1. The van der Waals surface area contributed by atoms with Crippen LogP contribution in [-0.2, 0) is 11.2 Å². The highest BCUT2D eigenvalue weighted by Gasteiger charge is 2.32. The first-order chi connectivity index (χ1) is 11.5. The molecule has 0 aromatic carbocycles. The minimum Gasteiger partial charge on any atom is -0.422 e. The molecule has 3 rings (SSSR count). The summed E-state index contributed by atoms with van der Waals surface area (Å²) in [5.41, 5.74) is 1.16. The second-order valence-corrected chi connectivity index (χ2v) is 6.16.